The number of nitrogens with two attached hydrogens (primary N) is 1. The highest BCUT2D eigenvalue weighted by Gasteiger charge is 2.03. The summed E-state index contributed by atoms with van der Waals surface area (Å²) in [4.78, 5) is 11.1. The van der Waals surface area contributed by atoms with Crippen molar-refractivity contribution in [1.82, 2.24) is 5.32 Å². The van der Waals surface area contributed by atoms with Crippen LogP contribution in [-0.4, -0.2) is 25.7 Å². The van der Waals surface area contributed by atoms with Crippen molar-refractivity contribution in [2.45, 2.75) is 39.7 Å². The van der Waals surface area contributed by atoms with Crippen molar-refractivity contribution in [3.05, 3.63) is 34.9 Å². The van der Waals surface area contributed by atoms with Crippen LogP contribution in [0.15, 0.2) is 18.2 Å². The fraction of sp³-hybridized carbons (Fsp3) is 0.562. The molecule has 1 rings (SSSR count). The van der Waals surface area contributed by atoms with Gasteiger partial charge in [-0.3, -0.25) is 4.79 Å². The first-order chi connectivity index (χ1) is 9.65. The van der Waals surface area contributed by atoms with Crippen LogP contribution in [0.3, 0.4) is 0 Å². The average Bonchev–Trinajstić information content (AvgIpc) is 2.43. The van der Waals surface area contributed by atoms with Gasteiger partial charge in [0.15, 0.2) is 0 Å². The van der Waals surface area contributed by atoms with Crippen LogP contribution in [0.2, 0.25) is 0 Å². The van der Waals surface area contributed by atoms with Gasteiger partial charge < -0.3 is 15.8 Å². The molecule has 0 heterocycles. The lowest BCUT2D eigenvalue weighted by atomic mass is 10.0. The quantitative estimate of drug-likeness (QED) is 0.646. The van der Waals surface area contributed by atoms with Gasteiger partial charge in [0.05, 0.1) is 0 Å². The Labute approximate surface area is 121 Å². The van der Waals surface area contributed by atoms with Gasteiger partial charge in [0.2, 0.25) is 5.91 Å². The van der Waals surface area contributed by atoms with Crippen molar-refractivity contribution in [1.29, 1.82) is 0 Å². The maximum Gasteiger partial charge on any atom is 0.248 e. The van der Waals surface area contributed by atoms with E-state index in [1.54, 1.807) is 6.07 Å². The van der Waals surface area contributed by atoms with Gasteiger partial charge in [-0.05, 0) is 49.6 Å². The summed E-state index contributed by atoms with van der Waals surface area (Å²) in [6.45, 7) is 7.58. The monoisotopic (exact) mass is 278 g/mol. The van der Waals surface area contributed by atoms with Crippen molar-refractivity contribution >= 4 is 5.91 Å². The van der Waals surface area contributed by atoms with E-state index in [1.807, 2.05) is 19.1 Å². The third-order valence-electron chi connectivity index (χ3n) is 3.23. The Morgan fingerprint density at radius 1 is 1.30 bits per heavy atom. The topological polar surface area (TPSA) is 64.3 Å². The second-order valence-electron chi connectivity index (χ2n) is 5.00. The van der Waals surface area contributed by atoms with Crippen LogP contribution in [0.25, 0.3) is 0 Å². The van der Waals surface area contributed by atoms with Crippen molar-refractivity contribution in [3.63, 3.8) is 0 Å². The Bertz CT molecular complexity index is 419. The van der Waals surface area contributed by atoms with Crippen LogP contribution >= 0.6 is 0 Å². The van der Waals surface area contributed by atoms with Crippen molar-refractivity contribution in [2.75, 3.05) is 19.8 Å². The van der Waals surface area contributed by atoms with Gasteiger partial charge >= 0.3 is 0 Å². The van der Waals surface area contributed by atoms with Crippen molar-refractivity contribution in [2.24, 2.45) is 5.73 Å². The zero-order chi connectivity index (χ0) is 14.8. The summed E-state index contributed by atoms with van der Waals surface area (Å²) in [7, 11) is 0. The van der Waals surface area contributed by atoms with Crippen LogP contribution in [0.4, 0.5) is 0 Å². The molecule has 1 aromatic rings. The van der Waals surface area contributed by atoms with Gasteiger partial charge in [0, 0.05) is 25.3 Å². The molecule has 3 N–H and O–H groups in total. The normalized spacial score (nSPS) is 10.7. The van der Waals surface area contributed by atoms with E-state index in [2.05, 4.69) is 12.2 Å². The van der Waals surface area contributed by atoms with E-state index < -0.39 is 0 Å². The van der Waals surface area contributed by atoms with Gasteiger partial charge in [-0.1, -0.05) is 19.4 Å². The average molecular weight is 278 g/mol. The summed E-state index contributed by atoms with van der Waals surface area (Å²) < 4.78 is 5.50. The number of nitrogens with one attached hydrogen (secondary N) is 1. The zero-order valence-electron chi connectivity index (χ0n) is 12.6. The van der Waals surface area contributed by atoms with Crippen LogP contribution in [-0.2, 0) is 11.3 Å². The lowest BCUT2D eigenvalue weighted by Gasteiger charge is -2.09. The molecule has 0 aliphatic carbocycles. The molecule has 0 aromatic heterocycles. The molecule has 0 radical (unpaired) electrons. The Balaban J connectivity index is 2.20. The zero-order valence-corrected chi connectivity index (χ0v) is 12.6. The van der Waals surface area contributed by atoms with E-state index in [9.17, 15) is 4.79 Å². The molecule has 0 atom stereocenters. The second-order valence-corrected chi connectivity index (χ2v) is 5.00. The summed E-state index contributed by atoms with van der Waals surface area (Å²) in [5, 5.41) is 3.39. The third kappa shape index (κ3) is 6.17. The van der Waals surface area contributed by atoms with Crippen LogP contribution in [0.5, 0.6) is 0 Å². The first kappa shape index (κ1) is 16.7. The van der Waals surface area contributed by atoms with Gasteiger partial charge in [0.1, 0.15) is 0 Å². The number of carbonyl (C=O) groups is 1. The number of carbonyl (C=O) groups excluding carboxylic acids is 1. The molecule has 0 saturated carbocycles. The molecule has 0 aliphatic heterocycles. The summed E-state index contributed by atoms with van der Waals surface area (Å²) >= 11 is 0. The number of benzene rings is 1. The van der Waals surface area contributed by atoms with Crippen molar-refractivity contribution < 1.29 is 9.53 Å². The minimum Gasteiger partial charge on any atom is -0.381 e. The first-order valence-electron chi connectivity index (χ1n) is 7.33. The maximum absolute atomic E-state index is 11.1. The number of amides is 1. The van der Waals surface area contributed by atoms with Gasteiger partial charge in [-0.15, -0.1) is 0 Å². The molecule has 4 nitrogen and oxygen atoms in total. The fourth-order valence-electron chi connectivity index (χ4n) is 1.92. The minimum atomic E-state index is -0.378. The predicted octanol–water partition coefficient (Wildman–Crippen LogP) is 2.39. The fourth-order valence-corrected chi connectivity index (χ4v) is 1.92. The lowest BCUT2D eigenvalue weighted by Crippen LogP contribution is -2.18. The van der Waals surface area contributed by atoms with Gasteiger partial charge in [-0.25, -0.2) is 0 Å². The third-order valence-corrected chi connectivity index (χ3v) is 3.23. The number of hydrogen-bond donors (Lipinski definition) is 2. The molecular formula is C16H26N2O2. The molecule has 0 fully saturated rings. The molecular weight excluding hydrogens is 252 g/mol. The van der Waals surface area contributed by atoms with E-state index in [1.165, 1.54) is 12.0 Å². The molecule has 0 saturated heterocycles. The van der Waals surface area contributed by atoms with E-state index >= 15 is 0 Å². The molecule has 4 heteroatoms. The lowest BCUT2D eigenvalue weighted by molar-refractivity contribution is 0.1000. The molecule has 1 aromatic carbocycles. The van der Waals surface area contributed by atoms with E-state index in [0.717, 1.165) is 44.7 Å². The molecule has 0 spiro atoms. The molecule has 20 heavy (non-hydrogen) atoms. The van der Waals surface area contributed by atoms with E-state index in [0.29, 0.717) is 5.56 Å². The number of hydrogen-bond acceptors (Lipinski definition) is 3. The van der Waals surface area contributed by atoms with Crippen LogP contribution in [0, 0.1) is 6.92 Å². The summed E-state index contributed by atoms with van der Waals surface area (Å²) in [6.07, 6.45) is 3.33. The highest BCUT2D eigenvalue weighted by Crippen LogP contribution is 2.10. The highest BCUT2D eigenvalue weighted by atomic mass is 16.5. The van der Waals surface area contributed by atoms with E-state index in [-0.39, 0.29) is 5.91 Å². The largest absolute Gasteiger partial charge is 0.381 e. The van der Waals surface area contributed by atoms with E-state index in [4.69, 9.17) is 10.5 Å². The smallest absolute Gasteiger partial charge is 0.248 e. The summed E-state index contributed by atoms with van der Waals surface area (Å²) in [6, 6.07) is 5.58. The summed E-state index contributed by atoms with van der Waals surface area (Å²) in [5.74, 6) is -0.378. The van der Waals surface area contributed by atoms with Gasteiger partial charge in [-0.2, -0.15) is 0 Å². The SMILES string of the molecule is CCCCOCCCNCc1ccc(C(N)=O)cc1C. The second kappa shape index (κ2) is 9.50. The van der Waals surface area contributed by atoms with Gasteiger partial charge in [0.25, 0.3) is 0 Å². The molecule has 1 amide bonds. The predicted molar refractivity (Wildman–Crippen MR) is 81.7 cm³/mol. The Kier molecular flexibility index (Phi) is 7.92. The Morgan fingerprint density at radius 2 is 2.05 bits per heavy atom. The standard InChI is InChI=1S/C16H26N2O2/c1-3-4-9-20-10-5-8-18-12-15-7-6-14(16(17)19)11-13(15)2/h6-7,11,18H,3-5,8-10,12H2,1-2H3,(H2,17,19). The molecule has 112 valence electrons. The Hall–Kier alpha value is -1.39. The maximum atomic E-state index is 11.1. The molecule has 0 bridgehead atoms. The number of unbranched alkanes of at least 4 members (excludes halogenated alkanes) is 1. The van der Waals surface area contributed by atoms with Crippen LogP contribution < -0.4 is 11.1 Å². The Morgan fingerprint density at radius 3 is 2.70 bits per heavy atom. The number of aryl methyl sites for hydroxylation is 1. The molecule has 0 unspecified atom stereocenters. The highest BCUT2D eigenvalue weighted by molar-refractivity contribution is 5.93. The number of ether oxygens (including phenoxy) is 1. The first-order valence-corrected chi connectivity index (χ1v) is 7.33. The minimum absolute atomic E-state index is 0.378. The number of primary amides is 1. The van der Waals surface area contributed by atoms with Crippen molar-refractivity contribution in [3.8, 4) is 0 Å². The number of rotatable bonds is 10. The summed E-state index contributed by atoms with van der Waals surface area (Å²) in [5.41, 5.74) is 8.11. The van der Waals surface area contributed by atoms with Crippen LogP contribution in [0.1, 0.15) is 47.7 Å². The molecule has 0 aliphatic rings.